The Balaban J connectivity index is 1.33. The zero-order chi connectivity index (χ0) is 38.1. The Labute approximate surface area is 308 Å². The lowest BCUT2D eigenvalue weighted by Gasteiger charge is -2.32. The van der Waals surface area contributed by atoms with E-state index in [1.165, 1.54) is 28.0 Å². The number of aliphatic hydroxyl groups is 1. The number of fused-ring (bicyclic) bond motifs is 2. The number of nitrogen functional groups attached to an aromatic ring is 1. The maximum atomic E-state index is 14.9. The van der Waals surface area contributed by atoms with Crippen LogP contribution in [0.15, 0.2) is 97.1 Å². The molecule has 276 valence electrons. The second kappa shape index (κ2) is 14.9. The molecule has 2 aliphatic rings. The summed E-state index contributed by atoms with van der Waals surface area (Å²) in [5.74, 6) is -1.80. The first-order chi connectivity index (χ1) is 25.2. The Morgan fingerprint density at radius 1 is 1.02 bits per heavy atom. The number of anilines is 3. The number of nitrogens with two attached hydrogens (primary N) is 1. The Morgan fingerprint density at radius 2 is 1.72 bits per heavy atom. The van der Waals surface area contributed by atoms with Gasteiger partial charge in [0.15, 0.2) is 13.9 Å². The average molecular weight is 738 g/mol. The van der Waals surface area contributed by atoms with Crippen LogP contribution in [0.5, 0.6) is 0 Å². The first kappa shape index (κ1) is 37.3. The fourth-order valence-electron chi connectivity index (χ4n) is 7.82. The fourth-order valence-corrected chi connectivity index (χ4v) is 10.4. The number of rotatable bonds is 12. The van der Waals surface area contributed by atoms with Gasteiger partial charge in [-0.2, -0.15) is 0 Å². The molecule has 2 heterocycles. The van der Waals surface area contributed by atoms with Gasteiger partial charge in [-0.15, -0.1) is 0 Å². The zero-order valence-corrected chi connectivity index (χ0v) is 30.8. The van der Waals surface area contributed by atoms with Crippen LogP contribution in [0.3, 0.4) is 0 Å². The number of hydrogen-bond donors (Lipinski definition) is 4. The Kier molecular flexibility index (Phi) is 10.5. The number of nitrogens with zero attached hydrogens (tertiary/aromatic N) is 3. The molecule has 4 aromatic rings. The maximum absolute atomic E-state index is 14.9. The highest BCUT2D eigenvalue weighted by molar-refractivity contribution is 6.71. The number of non-ortho nitro benzene ring substituents is 1. The van der Waals surface area contributed by atoms with Crippen LogP contribution in [0.25, 0.3) is 0 Å². The number of nitrogens with one attached hydrogen (secondary N) is 1. The van der Waals surface area contributed by atoms with Crippen molar-refractivity contribution in [3.05, 3.63) is 129 Å². The molecule has 5 N–H and O–H groups in total. The number of amides is 3. The van der Waals surface area contributed by atoms with E-state index >= 15 is 0 Å². The monoisotopic (exact) mass is 737 g/mol. The smallest absolute Gasteiger partial charge is 0.269 e. The lowest BCUT2D eigenvalue weighted by molar-refractivity contribution is -0.385. The summed E-state index contributed by atoms with van der Waals surface area (Å²) < 4.78 is 6.77. The summed E-state index contributed by atoms with van der Waals surface area (Å²) in [6.07, 6.45) is -1.07. The molecule has 4 atom stereocenters. The molecule has 1 fully saturated rings. The van der Waals surface area contributed by atoms with Crippen molar-refractivity contribution in [3.8, 4) is 0 Å². The topological polar surface area (TPSA) is 189 Å². The highest BCUT2D eigenvalue weighted by Gasteiger charge is 2.66. The van der Waals surface area contributed by atoms with Gasteiger partial charge >= 0.3 is 0 Å². The van der Waals surface area contributed by atoms with E-state index in [0.717, 1.165) is 5.56 Å². The molecule has 14 heteroatoms. The third kappa shape index (κ3) is 7.44. The van der Waals surface area contributed by atoms with Gasteiger partial charge in [-0.1, -0.05) is 49.4 Å². The minimum absolute atomic E-state index is 0.0443. The van der Waals surface area contributed by atoms with Gasteiger partial charge in [0, 0.05) is 59.2 Å². The Morgan fingerprint density at radius 3 is 2.38 bits per heavy atom. The maximum Gasteiger partial charge on any atom is 0.269 e. The van der Waals surface area contributed by atoms with Crippen LogP contribution in [0.4, 0.5) is 22.7 Å². The Bertz CT molecular complexity index is 2020. The van der Waals surface area contributed by atoms with E-state index in [4.69, 9.17) is 10.5 Å². The highest BCUT2D eigenvalue weighted by Crippen LogP contribution is 2.60. The van der Waals surface area contributed by atoms with Crippen LogP contribution in [0.1, 0.15) is 40.4 Å². The van der Waals surface area contributed by atoms with Gasteiger partial charge in [0.1, 0.15) is 0 Å². The van der Waals surface area contributed by atoms with Crippen molar-refractivity contribution in [3.63, 3.8) is 0 Å². The molecule has 3 amide bonds. The van der Waals surface area contributed by atoms with E-state index in [0.29, 0.717) is 33.8 Å². The number of carbonyl (C=O) groups is 3. The first-order valence-corrected chi connectivity index (χ1v) is 20.4. The number of carbonyl (C=O) groups excluding carboxylic acids is 3. The summed E-state index contributed by atoms with van der Waals surface area (Å²) in [7, 11) is -3.17. The van der Waals surface area contributed by atoms with Gasteiger partial charge < -0.3 is 35.5 Å². The van der Waals surface area contributed by atoms with Crippen molar-refractivity contribution in [1.82, 2.24) is 4.90 Å². The van der Waals surface area contributed by atoms with Crippen LogP contribution in [0, 0.1) is 16.0 Å². The second-order valence-electron chi connectivity index (χ2n) is 14.2. The predicted octanol–water partition coefficient (Wildman–Crippen LogP) is 5.19. The van der Waals surface area contributed by atoms with E-state index in [2.05, 4.69) is 5.32 Å². The van der Waals surface area contributed by atoms with Crippen LogP contribution < -0.4 is 16.0 Å². The number of nitro benzene ring substituents is 1. The molecule has 0 saturated carbocycles. The largest absolute Gasteiger partial charge is 0.432 e. The van der Waals surface area contributed by atoms with Crippen LogP contribution in [-0.4, -0.2) is 65.0 Å². The average Bonchev–Trinajstić information content (AvgIpc) is 3.54. The minimum Gasteiger partial charge on any atom is -0.432 e. The van der Waals surface area contributed by atoms with Crippen molar-refractivity contribution < 1.29 is 33.9 Å². The zero-order valence-electron chi connectivity index (χ0n) is 29.8. The van der Waals surface area contributed by atoms with Crippen LogP contribution in [0.2, 0.25) is 18.6 Å². The van der Waals surface area contributed by atoms with Gasteiger partial charge in [0.2, 0.25) is 5.91 Å². The number of aliphatic hydroxyl groups excluding tert-OH is 1. The van der Waals surface area contributed by atoms with Gasteiger partial charge in [-0.3, -0.25) is 24.5 Å². The summed E-state index contributed by atoms with van der Waals surface area (Å²) in [5, 5.41) is 24.7. The third-order valence-electron chi connectivity index (χ3n) is 10.2. The van der Waals surface area contributed by atoms with Crippen LogP contribution in [-0.2, 0) is 33.0 Å². The molecule has 0 unspecified atom stereocenters. The highest BCUT2D eigenvalue weighted by atomic mass is 28.4. The van der Waals surface area contributed by atoms with Gasteiger partial charge in [0.25, 0.3) is 17.5 Å². The molecule has 0 aliphatic carbocycles. The number of hydrogen-bond acceptors (Lipinski definition) is 9. The SMILES string of the molecule is C[C@H]1[C@H]([Si](C)(C)O)[C@@H](CC(=O)N(CCO)Cc2ccccc2)O[C@]12C(=O)N(Cc1cccc(NC(=O)c3ccc(N)cc3)c1)c1ccc([N+](=O)[O-])cc12. The first-order valence-electron chi connectivity index (χ1n) is 17.4. The number of ether oxygens (including phenoxy) is 1. The summed E-state index contributed by atoms with van der Waals surface area (Å²) in [5.41, 5.74) is 6.89. The van der Waals surface area contributed by atoms with Gasteiger partial charge in [0.05, 0.1) is 36.3 Å². The summed E-state index contributed by atoms with van der Waals surface area (Å²) in [6.45, 7) is 5.38. The standard InChI is InChI=1S/C39H43N5O8Si/c1-25-36(53(2,3)51)34(22-35(46)42(18-19-45)23-26-8-5-4-6-9-26)52-39(25)32-21-31(44(49)50)16-17-33(32)43(38(39)48)24-27-10-7-11-30(20-27)41-37(47)28-12-14-29(40)15-13-28/h4-17,20-21,25,34,36,45,51H,18-19,22-24,40H2,1-3H3,(H,41,47)/t25-,34+,36-,39+/m0/s1. The molecule has 1 saturated heterocycles. The van der Waals surface area contributed by atoms with E-state index in [1.54, 1.807) is 68.5 Å². The summed E-state index contributed by atoms with van der Waals surface area (Å²) >= 11 is 0. The molecular weight excluding hydrogens is 695 g/mol. The molecule has 1 spiro atoms. The molecule has 4 aromatic carbocycles. The van der Waals surface area contributed by atoms with E-state index in [-0.39, 0.29) is 50.2 Å². The molecule has 53 heavy (non-hydrogen) atoms. The van der Waals surface area contributed by atoms with Crippen molar-refractivity contribution in [2.75, 3.05) is 29.1 Å². The van der Waals surface area contributed by atoms with Gasteiger partial charge in [-0.25, -0.2) is 0 Å². The molecule has 0 bridgehead atoms. The second-order valence-corrected chi connectivity index (χ2v) is 18.2. The van der Waals surface area contributed by atoms with Crippen molar-refractivity contribution in [1.29, 1.82) is 0 Å². The minimum atomic E-state index is -3.17. The van der Waals surface area contributed by atoms with Gasteiger partial charge in [-0.05, 0) is 66.7 Å². The van der Waals surface area contributed by atoms with E-state index in [9.17, 15) is 34.4 Å². The molecule has 13 nitrogen and oxygen atoms in total. The van der Waals surface area contributed by atoms with Crippen molar-refractivity contribution in [2.45, 2.75) is 56.8 Å². The molecule has 0 aromatic heterocycles. The summed E-state index contributed by atoms with van der Waals surface area (Å²) in [4.78, 5) is 68.0. The van der Waals surface area contributed by atoms with E-state index in [1.807, 2.05) is 30.3 Å². The molecule has 6 rings (SSSR count). The normalized spacial score (nSPS) is 20.7. The van der Waals surface area contributed by atoms with E-state index < -0.39 is 42.3 Å². The van der Waals surface area contributed by atoms with Crippen molar-refractivity contribution in [2.24, 2.45) is 5.92 Å². The number of benzene rings is 4. The quantitative estimate of drug-likeness (QED) is 0.0657. The molecule has 0 radical (unpaired) electrons. The lowest BCUT2D eigenvalue weighted by Crippen LogP contribution is -2.46. The van der Waals surface area contributed by atoms with Crippen molar-refractivity contribution >= 4 is 48.8 Å². The number of nitro groups is 1. The lowest BCUT2D eigenvalue weighted by atomic mass is 9.82. The summed E-state index contributed by atoms with van der Waals surface area (Å²) in [6, 6.07) is 27.1. The fraction of sp³-hybridized carbons (Fsp3) is 0.308. The third-order valence-corrected chi connectivity index (χ3v) is 12.7. The van der Waals surface area contributed by atoms with Crippen LogP contribution >= 0.6 is 0 Å². The molecule has 2 aliphatic heterocycles. The Hall–Kier alpha value is -5.41. The molecular formula is C39H43N5O8Si. The predicted molar refractivity (Wildman–Crippen MR) is 202 cm³/mol.